The van der Waals surface area contributed by atoms with Crippen molar-refractivity contribution in [3.05, 3.63) is 30.3 Å². The Morgan fingerprint density at radius 2 is 1.29 bits per heavy atom. The minimum atomic E-state index is -8.99. The monoisotopic (exact) mass is 336 g/mol. The predicted octanol–water partition coefficient (Wildman–Crippen LogP) is -0.230. The zero-order valence-electron chi connectivity index (χ0n) is 9.40. The number of hydrogen-bond acceptors (Lipinski definition) is 2. The van der Waals surface area contributed by atoms with E-state index in [1.165, 1.54) is 12.1 Å². The van der Waals surface area contributed by atoms with E-state index in [2.05, 4.69) is 0 Å². The molecule has 0 aromatic heterocycles. The van der Waals surface area contributed by atoms with Crippen LogP contribution in [0.25, 0.3) is 0 Å². The van der Waals surface area contributed by atoms with Gasteiger partial charge < -0.3 is 1.43 Å². The van der Waals surface area contributed by atoms with Gasteiger partial charge in [-0.05, 0) is 12.1 Å². The van der Waals surface area contributed by atoms with Gasteiger partial charge in [0, 0.05) is 0 Å². The maximum atomic E-state index is 10.4. The van der Waals surface area contributed by atoms with Crippen molar-refractivity contribution in [2.75, 3.05) is 0 Å². The minimum absolute atomic E-state index is 0. The molecule has 0 saturated heterocycles. The first kappa shape index (κ1) is 19.3. The third kappa shape index (κ3) is 15.9. The van der Waals surface area contributed by atoms with Crippen molar-refractivity contribution in [1.82, 2.24) is 0 Å². The van der Waals surface area contributed by atoms with E-state index in [9.17, 15) is 25.8 Å². The predicted molar refractivity (Wildman–Crippen MR) is 48.7 cm³/mol. The van der Waals surface area contributed by atoms with Crippen molar-refractivity contribution in [2.24, 2.45) is 0 Å². The summed E-state index contributed by atoms with van der Waals surface area (Å²) >= 11 is -8.99. The van der Waals surface area contributed by atoms with Crippen LogP contribution in [0.1, 0.15) is 1.43 Å². The quantitative estimate of drug-likeness (QED) is 0.438. The molecule has 0 atom stereocenters. The SMILES string of the molecule is F[As](F)(F)(F)F.O=S(=O)(O)c1ccccc1.[H-].[Li+]. The first-order valence-corrected chi connectivity index (χ1v) is 8.46. The summed E-state index contributed by atoms with van der Waals surface area (Å²) in [6, 6.07) is 7.42. The van der Waals surface area contributed by atoms with Crippen LogP contribution in [0.15, 0.2) is 35.2 Å². The van der Waals surface area contributed by atoms with E-state index in [1.807, 2.05) is 0 Å². The molecule has 0 heterocycles. The Labute approximate surface area is 111 Å². The summed E-state index contributed by atoms with van der Waals surface area (Å²) in [7, 11) is -4.00. The second kappa shape index (κ2) is 6.20. The zero-order chi connectivity index (χ0) is 13.1. The summed E-state index contributed by atoms with van der Waals surface area (Å²) in [5.74, 6) is 0. The number of halogens is 5. The molecule has 0 bridgehead atoms. The van der Waals surface area contributed by atoms with Crippen molar-refractivity contribution >= 4 is 24.9 Å². The Hall–Kier alpha value is -0.0642. The number of benzene rings is 1. The van der Waals surface area contributed by atoms with E-state index in [4.69, 9.17) is 4.55 Å². The largest absolute Gasteiger partial charge is 1.00 e. The summed E-state index contributed by atoms with van der Waals surface area (Å²) in [5, 5.41) is 0. The molecule has 17 heavy (non-hydrogen) atoms. The van der Waals surface area contributed by atoms with Crippen LogP contribution < -0.4 is 18.9 Å². The topological polar surface area (TPSA) is 54.4 Å². The molecule has 0 spiro atoms. The molecule has 0 amide bonds. The van der Waals surface area contributed by atoms with Gasteiger partial charge in [-0.3, -0.25) is 4.55 Å². The molecule has 0 aliphatic carbocycles. The van der Waals surface area contributed by atoms with Crippen molar-refractivity contribution in [2.45, 2.75) is 4.90 Å². The summed E-state index contributed by atoms with van der Waals surface area (Å²) < 4.78 is 78.7. The van der Waals surface area contributed by atoms with Gasteiger partial charge in [0.25, 0.3) is 10.1 Å². The molecule has 3 nitrogen and oxygen atoms in total. The van der Waals surface area contributed by atoms with Crippen molar-refractivity contribution in [3.63, 3.8) is 0 Å². The van der Waals surface area contributed by atoms with E-state index < -0.39 is 24.9 Å². The zero-order valence-corrected chi connectivity index (χ0v) is 11.1. The Morgan fingerprint density at radius 3 is 1.47 bits per heavy atom. The van der Waals surface area contributed by atoms with Crippen LogP contribution in [-0.2, 0) is 10.1 Å². The molecule has 96 valence electrons. The van der Waals surface area contributed by atoms with Gasteiger partial charge in [0.2, 0.25) is 0 Å². The molecule has 11 heteroatoms. The van der Waals surface area contributed by atoms with Crippen LogP contribution in [0.4, 0.5) is 17.3 Å². The molecule has 1 rings (SSSR count). The van der Waals surface area contributed by atoms with Gasteiger partial charge in [-0.15, -0.1) is 0 Å². The third-order valence-corrected chi connectivity index (χ3v) is 1.91. The molecular weight excluding hydrogens is 329 g/mol. The normalized spacial score (nSPS) is 13.4. The Bertz CT molecular complexity index is 432. The van der Waals surface area contributed by atoms with Gasteiger partial charge in [0.05, 0.1) is 4.90 Å². The van der Waals surface area contributed by atoms with Crippen molar-refractivity contribution in [1.29, 1.82) is 0 Å². The Kier molecular flexibility index (Phi) is 7.04. The maximum Gasteiger partial charge on any atom is 1.00 e. The molecule has 0 radical (unpaired) electrons. The first-order chi connectivity index (χ1) is 6.84. The molecule has 0 fully saturated rings. The van der Waals surface area contributed by atoms with Gasteiger partial charge in [0.1, 0.15) is 0 Å². The fourth-order valence-electron chi connectivity index (χ4n) is 0.592. The molecule has 0 saturated carbocycles. The second-order valence-corrected chi connectivity index (χ2v) is 6.53. The first-order valence-electron chi connectivity index (χ1n) is 3.48. The van der Waals surface area contributed by atoms with Crippen LogP contribution in [0.3, 0.4) is 0 Å². The molecule has 1 N–H and O–H groups in total. The second-order valence-electron chi connectivity index (χ2n) is 2.43. The fraction of sp³-hybridized carbons (Fsp3) is 0. The smallest absolute Gasteiger partial charge is 1.00 e. The van der Waals surface area contributed by atoms with E-state index >= 15 is 0 Å². The van der Waals surface area contributed by atoms with Gasteiger partial charge in [-0.25, -0.2) is 0 Å². The summed E-state index contributed by atoms with van der Waals surface area (Å²) in [6.07, 6.45) is 0. The Balaban J connectivity index is -0.000000250. The summed E-state index contributed by atoms with van der Waals surface area (Å²) in [5.41, 5.74) is 0. The maximum absolute atomic E-state index is 10.4. The van der Waals surface area contributed by atoms with E-state index in [0.717, 1.165) is 0 Å². The van der Waals surface area contributed by atoms with Crippen molar-refractivity contribution < 1.29 is 50.6 Å². The van der Waals surface area contributed by atoms with E-state index in [1.54, 1.807) is 18.2 Å². The van der Waals surface area contributed by atoms with Crippen LogP contribution >= 0.6 is 0 Å². The average molecular weight is 336 g/mol. The van der Waals surface area contributed by atoms with Crippen LogP contribution in [0.2, 0.25) is 0 Å². The van der Waals surface area contributed by atoms with Crippen molar-refractivity contribution in [3.8, 4) is 0 Å². The van der Waals surface area contributed by atoms with Gasteiger partial charge in [-0.2, -0.15) is 8.42 Å². The molecule has 1 aromatic carbocycles. The minimum Gasteiger partial charge on any atom is -1.00 e. The molecule has 0 aliphatic rings. The molecule has 0 aliphatic heterocycles. The van der Waals surface area contributed by atoms with Crippen LogP contribution in [0.5, 0.6) is 0 Å². The van der Waals surface area contributed by atoms with E-state index in [0.29, 0.717) is 0 Å². The summed E-state index contributed by atoms with van der Waals surface area (Å²) in [4.78, 5) is -0.0741. The third-order valence-electron chi connectivity index (χ3n) is 1.04. The van der Waals surface area contributed by atoms with Gasteiger partial charge >= 0.3 is 51.0 Å². The fourth-order valence-corrected chi connectivity index (χ4v) is 1.09. The summed E-state index contributed by atoms with van der Waals surface area (Å²) in [6.45, 7) is 0. The molecule has 1 aromatic rings. The van der Waals surface area contributed by atoms with Crippen LogP contribution in [0, 0.1) is 0 Å². The average Bonchev–Trinajstić information content (AvgIpc) is 1.99. The number of rotatable bonds is 1. The Morgan fingerprint density at radius 1 is 1.00 bits per heavy atom. The van der Waals surface area contributed by atoms with Gasteiger partial charge in [-0.1, -0.05) is 18.2 Å². The standard InChI is InChI=1S/C6H6O3S.AsF5.Li.H/c7-10(8,9)6-4-2-1-3-5-6;2-1(3,4,5)6;;/h1-5H,(H,7,8,9);;;/q;;+1;-1. The van der Waals surface area contributed by atoms with Gasteiger partial charge in [0.15, 0.2) is 0 Å². The molecule has 0 unspecified atom stereocenters. The van der Waals surface area contributed by atoms with Crippen LogP contribution in [-0.4, -0.2) is 27.8 Å². The number of hydrogen-bond donors (Lipinski definition) is 1. The van der Waals surface area contributed by atoms with E-state index in [-0.39, 0.29) is 25.2 Å². The molecular formula is C6H7AsF5LiO3S.